The Kier molecular flexibility index (Phi) is 6.04. The van der Waals surface area contributed by atoms with E-state index in [4.69, 9.17) is 10.00 Å². The lowest BCUT2D eigenvalue weighted by Crippen LogP contribution is -2.38. The van der Waals surface area contributed by atoms with Crippen LogP contribution < -0.4 is 0 Å². The number of likely N-dealkylation sites (N-methyl/N-ethyl adjacent to an activating group) is 1. The van der Waals surface area contributed by atoms with Gasteiger partial charge in [-0.15, -0.1) is 0 Å². The van der Waals surface area contributed by atoms with E-state index in [0.717, 1.165) is 5.56 Å². The number of methoxy groups -OCH3 is 1. The summed E-state index contributed by atoms with van der Waals surface area (Å²) >= 11 is 0. The highest BCUT2D eigenvalue weighted by Crippen LogP contribution is 2.19. The van der Waals surface area contributed by atoms with Crippen LogP contribution in [0.1, 0.15) is 25.5 Å². The third-order valence-corrected chi connectivity index (χ3v) is 2.97. The SMILES string of the molecule is CCN(C[C@@H](C)C#N)C(=O)[C@@H](OC)c1ccccc1. The second kappa shape index (κ2) is 7.55. The fourth-order valence-electron chi connectivity index (χ4n) is 1.92. The lowest BCUT2D eigenvalue weighted by Gasteiger charge is -2.26. The molecule has 0 saturated carbocycles. The molecule has 1 amide bonds. The topological polar surface area (TPSA) is 53.3 Å². The van der Waals surface area contributed by atoms with E-state index >= 15 is 0 Å². The maximum absolute atomic E-state index is 12.4. The van der Waals surface area contributed by atoms with Crippen LogP contribution in [0.15, 0.2) is 30.3 Å². The molecule has 0 aliphatic heterocycles. The number of nitrogens with zero attached hydrogens (tertiary/aromatic N) is 2. The number of rotatable bonds is 6. The third-order valence-electron chi connectivity index (χ3n) is 2.97. The molecular formula is C15H20N2O2. The van der Waals surface area contributed by atoms with E-state index in [1.54, 1.807) is 11.8 Å². The Morgan fingerprint density at radius 1 is 1.42 bits per heavy atom. The summed E-state index contributed by atoms with van der Waals surface area (Å²) in [5, 5.41) is 8.85. The van der Waals surface area contributed by atoms with Gasteiger partial charge in [0.2, 0.25) is 0 Å². The van der Waals surface area contributed by atoms with Crippen LogP contribution in [0.4, 0.5) is 0 Å². The summed E-state index contributed by atoms with van der Waals surface area (Å²) in [5.74, 6) is -0.282. The van der Waals surface area contributed by atoms with Gasteiger partial charge in [-0.2, -0.15) is 5.26 Å². The van der Waals surface area contributed by atoms with Crippen molar-refractivity contribution in [2.75, 3.05) is 20.2 Å². The Bertz CT molecular complexity index is 439. The van der Waals surface area contributed by atoms with Gasteiger partial charge in [0.25, 0.3) is 5.91 Å². The zero-order valence-corrected chi connectivity index (χ0v) is 11.7. The molecule has 0 aliphatic carbocycles. The summed E-state index contributed by atoms with van der Waals surface area (Å²) in [6, 6.07) is 11.5. The van der Waals surface area contributed by atoms with Crippen LogP contribution in [0.5, 0.6) is 0 Å². The first-order valence-corrected chi connectivity index (χ1v) is 6.40. The summed E-state index contributed by atoms with van der Waals surface area (Å²) in [6.45, 7) is 4.70. The molecule has 0 spiro atoms. The van der Waals surface area contributed by atoms with Crippen LogP contribution in [0, 0.1) is 17.2 Å². The molecule has 0 heterocycles. The molecule has 1 aromatic rings. The van der Waals surface area contributed by atoms with E-state index in [2.05, 4.69) is 6.07 Å². The van der Waals surface area contributed by atoms with Gasteiger partial charge in [0, 0.05) is 20.2 Å². The maximum atomic E-state index is 12.4. The van der Waals surface area contributed by atoms with Crippen molar-refractivity contribution in [1.82, 2.24) is 4.90 Å². The minimum Gasteiger partial charge on any atom is -0.367 e. The van der Waals surface area contributed by atoms with Gasteiger partial charge in [0.15, 0.2) is 6.10 Å². The predicted molar refractivity (Wildman–Crippen MR) is 73.2 cm³/mol. The van der Waals surface area contributed by atoms with Crippen LogP contribution in [0.25, 0.3) is 0 Å². The van der Waals surface area contributed by atoms with Crippen molar-refractivity contribution < 1.29 is 9.53 Å². The van der Waals surface area contributed by atoms with Crippen molar-refractivity contribution in [2.45, 2.75) is 20.0 Å². The Hall–Kier alpha value is -1.86. The first-order valence-electron chi connectivity index (χ1n) is 6.40. The number of ether oxygens (including phenoxy) is 1. The van der Waals surface area contributed by atoms with Crippen LogP contribution in [0.3, 0.4) is 0 Å². The van der Waals surface area contributed by atoms with Crippen LogP contribution >= 0.6 is 0 Å². The molecule has 1 aromatic carbocycles. The number of benzene rings is 1. The predicted octanol–water partition coefficient (Wildman–Crippen LogP) is 2.38. The van der Waals surface area contributed by atoms with Crippen molar-refractivity contribution >= 4 is 5.91 Å². The molecule has 0 radical (unpaired) electrons. The van der Waals surface area contributed by atoms with E-state index in [1.165, 1.54) is 7.11 Å². The molecule has 4 heteroatoms. The highest BCUT2D eigenvalue weighted by Gasteiger charge is 2.25. The average molecular weight is 260 g/mol. The minimum absolute atomic E-state index is 0.0988. The molecule has 0 saturated heterocycles. The Labute approximate surface area is 114 Å². The van der Waals surface area contributed by atoms with Gasteiger partial charge in [-0.1, -0.05) is 30.3 Å². The Balaban J connectivity index is 2.86. The molecule has 0 bridgehead atoms. The molecule has 1 rings (SSSR count). The molecule has 0 fully saturated rings. The van der Waals surface area contributed by atoms with Gasteiger partial charge in [0.05, 0.1) is 12.0 Å². The van der Waals surface area contributed by atoms with Crippen molar-refractivity contribution in [2.24, 2.45) is 5.92 Å². The standard InChI is InChI=1S/C15H20N2O2/c1-4-17(11-12(2)10-16)15(18)14(19-3)13-8-6-5-7-9-13/h5-9,12,14H,4,11H2,1-3H3/t12-,14-/m0/s1. The second-order valence-electron chi connectivity index (χ2n) is 4.43. The highest BCUT2D eigenvalue weighted by atomic mass is 16.5. The van der Waals surface area contributed by atoms with E-state index in [9.17, 15) is 4.79 Å². The van der Waals surface area contributed by atoms with Gasteiger partial charge in [-0.3, -0.25) is 4.79 Å². The van der Waals surface area contributed by atoms with E-state index < -0.39 is 6.10 Å². The van der Waals surface area contributed by atoms with Gasteiger partial charge in [-0.25, -0.2) is 0 Å². The summed E-state index contributed by atoms with van der Waals surface area (Å²) < 4.78 is 5.32. The van der Waals surface area contributed by atoms with E-state index in [1.807, 2.05) is 37.3 Å². The number of amides is 1. The maximum Gasteiger partial charge on any atom is 0.256 e. The molecule has 0 aliphatic rings. The Morgan fingerprint density at radius 3 is 2.53 bits per heavy atom. The van der Waals surface area contributed by atoms with Crippen molar-refractivity contribution in [1.29, 1.82) is 5.26 Å². The van der Waals surface area contributed by atoms with E-state index in [0.29, 0.717) is 13.1 Å². The molecule has 19 heavy (non-hydrogen) atoms. The molecule has 2 atom stereocenters. The monoisotopic (exact) mass is 260 g/mol. The quantitative estimate of drug-likeness (QED) is 0.789. The second-order valence-corrected chi connectivity index (χ2v) is 4.43. The fourth-order valence-corrected chi connectivity index (χ4v) is 1.92. The molecule has 0 N–H and O–H groups in total. The van der Waals surface area contributed by atoms with Crippen molar-refractivity contribution in [3.63, 3.8) is 0 Å². The molecule has 102 valence electrons. The number of carbonyl (C=O) groups is 1. The fraction of sp³-hybridized carbons (Fsp3) is 0.467. The molecule has 0 unspecified atom stereocenters. The van der Waals surface area contributed by atoms with Crippen molar-refractivity contribution in [3.05, 3.63) is 35.9 Å². The summed E-state index contributed by atoms with van der Waals surface area (Å²) in [6.07, 6.45) is -0.605. The highest BCUT2D eigenvalue weighted by molar-refractivity contribution is 5.82. The lowest BCUT2D eigenvalue weighted by atomic mass is 10.1. The van der Waals surface area contributed by atoms with E-state index in [-0.39, 0.29) is 11.8 Å². The van der Waals surface area contributed by atoms with Gasteiger partial charge in [0.1, 0.15) is 0 Å². The van der Waals surface area contributed by atoms with Crippen LogP contribution in [0.2, 0.25) is 0 Å². The number of hydrogen-bond acceptors (Lipinski definition) is 3. The third kappa shape index (κ3) is 4.08. The summed E-state index contributed by atoms with van der Waals surface area (Å²) in [5.41, 5.74) is 0.832. The molecule has 0 aromatic heterocycles. The first-order chi connectivity index (χ1) is 9.13. The van der Waals surface area contributed by atoms with Gasteiger partial charge in [-0.05, 0) is 19.4 Å². The minimum atomic E-state index is -0.605. The van der Waals surface area contributed by atoms with Gasteiger partial charge < -0.3 is 9.64 Å². The number of hydrogen-bond donors (Lipinski definition) is 0. The largest absolute Gasteiger partial charge is 0.367 e. The normalized spacial score (nSPS) is 13.4. The number of carbonyl (C=O) groups excluding carboxylic acids is 1. The summed E-state index contributed by atoms with van der Waals surface area (Å²) in [7, 11) is 1.52. The number of nitriles is 1. The average Bonchev–Trinajstić information content (AvgIpc) is 2.46. The van der Waals surface area contributed by atoms with Crippen LogP contribution in [-0.4, -0.2) is 31.0 Å². The summed E-state index contributed by atoms with van der Waals surface area (Å²) in [4.78, 5) is 14.1. The van der Waals surface area contributed by atoms with Crippen molar-refractivity contribution in [3.8, 4) is 6.07 Å². The van der Waals surface area contributed by atoms with Gasteiger partial charge >= 0.3 is 0 Å². The first kappa shape index (κ1) is 15.2. The van der Waals surface area contributed by atoms with Crippen LogP contribution in [-0.2, 0) is 9.53 Å². The zero-order valence-electron chi connectivity index (χ0n) is 11.7. The lowest BCUT2D eigenvalue weighted by molar-refractivity contribution is -0.142. The zero-order chi connectivity index (χ0) is 14.3. The molecule has 4 nitrogen and oxygen atoms in total. The molecular weight excluding hydrogens is 240 g/mol. The smallest absolute Gasteiger partial charge is 0.256 e. The Morgan fingerprint density at radius 2 is 2.05 bits per heavy atom.